The van der Waals surface area contributed by atoms with Gasteiger partial charge in [-0.25, -0.2) is 0 Å². The summed E-state index contributed by atoms with van der Waals surface area (Å²) in [6, 6.07) is 3.89. The van der Waals surface area contributed by atoms with E-state index >= 15 is 0 Å². The second-order valence-electron chi connectivity index (χ2n) is 4.74. The first-order valence-corrected chi connectivity index (χ1v) is 7.55. The topological polar surface area (TPSA) is 39.7 Å². The van der Waals surface area contributed by atoms with Gasteiger partial charge in [0.05, 0.1) is 11.6 Å². The Kier molecular flexibility index (Phi) is 6.43. The maximum absolute atomic E-state index is 6.19. The smallest absolute Gasteiger partial charge is 0.179 e. The number of hydrogen-bond acceptors (Lipinski definition) is 4. The van der Waals surface area contributed by atoms with Crippen LogP contribution in [0.3, 0.4) is 0 Å². The van der Waals surface area contributed by atoms with E-state index in [4.69, 9.17) is 25.8 Å². The SMILES string of the molecule is CCCCOCCNCc1cc(Cl)c2c(c1)OCCO2. The summed E-state index contributed by atoms with van der Waals surface area (Å²) in [6.45, 7) is 6.44. The van der Waals surface area contributed by atoms with Gasteiger partial charge in [-0.1, -0.05) is 24.9 Å². The number of rotatable bonds is 8. The highest BCUT2D eigenvalue weighted by molar-refractivity contribution is 6.32. The molecule has 0 aromatic heterocycles. The van der Waals surface area contributed by atoms with Crippen LogP contribution in [-0.4, -0.2) is 33.0 Å². The summed E-state index contributed by atoms with van der Waals surface area (Å²) in [6.07, 6.45) is 2.29. The molecule has 4 nitrogen and oxygen atoms in total. The summed E-state index contributed by atoms with van der Waals surface area (Å²) >= 11 is 6.19. The van der Waals surface area contributed by atoms with Gasteiger partial charge in [0.1, 0.15) is 13.2 Å². The van der Waals surface area contributed by atoms with Gasteiger partial charge in [-0.15, -0.1) is 0 Å². The molecule has 1 N–H and O–H groups in total. The van der Waals surface area contributed by atoms with Crippen LogP contribution in [0.5, 0.6) is 11.5 Å². The second-order valence-corrected chi connectivity index (χ2v) is 5.15. The van der Waals surface area contributed by atoms with Crippen molar-refractivity contribution in [3.8, 4) is 11.5 Å². The third-order valence-corrected chi connectivity index (χ3v) is 3.33. The molecular weight excluding hydrogens is 278 g/mol. The van der Waals surface area contributed by atoms with Crippen molar-refractivity contribution in [3.05, 3.63) is 22.7 Å². The minimum atomic E-state index is 0.555. The van der Waals surface area contributed by atoms with Crippen LogP contribution >= 0.6 is 11.6 Å². The van der Waals surface area contributed by atoms with E-state index in [1.165, 1.54) is 6.42 Å². The largest absolute Gasteiger partial charge is 0.486 e. The van der Waals surface area contributed by atoms with E-state index in [2.05, 4.69) is 12.2 Å². The Morgan fingerprint density at radius 3 is 2.95 bits per heavy atom. The third kappa shape index (κ3) is 4.54. The van der Waals surface area contributed by atoms with E-state index in [-0.39, 0.29) is 0 Å². The quantitative estimate of drug-likeness (QED) is 0.749. The molecule has 1 aromatic rings. The number of halogens is 1. The molecule has 2 rings (SSSR count). The molecule has 0 amide bonds. The van der Waals surface area contributed by atoms with Crippen LogP contribution in [0.2, 0.25) is 5.02 Å². The molecule has 0 atom stereocenters. The zero-order valence-electron chi connectivity index (χ0n) is 11.9. The molecule has 1 heterocycles. The fourth-order valence-corrected chi connectivity index (χ4v) is 2.28. The molecule has 1 aromatic carbocycles. The van der Waals surface area contributed by atoms with Crippen molar-refractivity contribution in [3.63, 3.8) is 0 Å². The molecule has 20 heavy (non-hydrogen) atoms. The van der Waals surface area contributed by atoms with E-state index in [0.717, 1.165) is 44.0 Å². The molecule has 5 heteroatoms. The molecule has 112 valence electrons. The van der Waals surface area contributed by atoms with Gasteiger partial charge in [0.2, 0.25) is 0 Å². The lowest BCUT2D eigenvalue weighted by Gasteiger charge is -2.20. The normalized spacial score (nSPS) is 13.5. The Balaban J connectivity index is 1.74. The highest BCUT2D eigenvalue weighted by Crippen LogP contribution is 2.38. The lowest BCUT2D eigenvalue weighted by molar-refractivity contribution is 0.133. The Labute approximate surface area is 125 Å². The maximum Gasteiger partial charge on any atom is 0.179 e. The fourth-order valence-electron chi connectivity index (χ4n) is 1.99. The third-order valence-electron chi connectivity index (χ3n) is 3.05. The van der Waals surface area contributed by atoms with Crippen LogP contribution in [0, 0.1) is 0 Å². The van der Waals surface area contributed by atoms with Crippen LogP contribution in [0.1, 0.15) is 25.3 Å². The lowest BCUT2D eigenvalue weighted by Crippen LogP contribution is -2.20. The predicted octanol–water partition coefficient (Wildman–Crippen LogP) is 3.02. The summed E-state index contributed by atoms with van der Waals surface area (Å²) in [5.41, 5.74) is 1.09. The van der Waals surface area contributed by atoms with Gasteiger partial charge < -0.3 is 19.5 Å². The Morgan fingerprint density at radius 1 is 1.25 bits per heavy atom. The van der Waals surface area contributed by atoms with Crippen molar-refractivity contribution in [2.45, 2.75) is 26.3 Å². The average Bonchev–Trinajstić information content (AvgIpc) is 2.46. The summed E-state index contributed by atoms with van der Waals surface area (Å²) in [7, 11) is 0. The first-order valence-electron chi connectivity index (χ1n) is 7.17. The molecule has 0 unspecified atom stereocenters. The Hall–Kier alpha value is -0.970. The van der Waals surface area contributed by atoms with Crippen LogP contribution in [-0.2, 0) is 11.3 Å². The van der Waals surface area contributed by atoms with Crippen LogP contribution in [0.25, 0.3) is 0 Å². The number of fused-ring (bicyclic) bond motifs is 1. The monoisotopic (exact) mass is 299 g/mol. The lowest BCUT2D eigenvalue weighted by atomic mass is 10.2. The van der Waals surface area contributed by atoms with E-state index in [1.54, 1.807) is 0 Å². The van der Waals surface area contributed by atoms with Gasteiger partial charge in [0.15, 0.2) is 11.5 Å². The van der Waals surface area contributed by atoms with Crippen molar-refractivity contribution in [1.29, 1.82) is 0 Å². The zero-order valence-corrected chi connectivity index (χ0v) is 12.7. The van der Waals surface area contributed by atoms with Crippen molar-refractivity contribution >= 4 is 11.6 Å². The van der Waals surface area contributed by atoms with Crippen LogP contribution in [0.4, 0.5) is 0 Å². The maximum atomic E-state index is 6.19. The Bertz CT molecular complexity index is 426. The number of benzene rings is 1. The Morgan fingerprint density at radius 2 is 2.10 bits per heavy atom. The second kappa shape index (κ2) is 8.35. The minimum Gasteiger partial charge on any atom is -0.486 e. The zero-order chi connectivity index (χ0) is 14.2. The first-order chi connectivity index (χ1) is 9.81. The molecule has 0 bridgehead atoms. The number of unbranched alkanes of at least 4 members (excludes halogenated alkanes) is 1. The summed E-state index contributed by atoms with van der Waals surface area (Å²) in [5.74, 6) is 1.39. The van der Waals surface area contributed by atoms with E-state index in [9.17, 15) is 0 Å². The van der Waals surface area contributed by atoms with E-state index in [0.29, 0.717) is 24.0 Å². The minimum absolute atomic E-state index is 0.555. The van der Waals surface area contributed by atoms with E-state index in [1.807, 2.05) is 12.1 Å². The number of hydrogen-bond donors (Lipinski definition) is 1. The molecule has 0 radical (unpaired) electrons. The van der Waals surface area contributed by atoms with Crippen molar-refractivity contribution < 1.29 is 14.2 Å². The average molecular weight is 300 g/mol. The van der Waals surface area contributed by atoms with Crippen molar-refractivity contribution in [2.24, 2.45) is 0 Å². The predicted molar refractivity (Wildman–Crippen MR) is 79.9 cm³/mol. The molecule has 0 spiro atoms. The standard InChI is InChI=1S/C15H22ClNO3/c1-2-3-5-18-6-4-17-11-12-9-13(16)15-14(10-12)19-7-8-20-15/h9-10,17H,2-8,11H2,1H3. The van der Waals surface area contributed by atoms with Gasteiger partial charge >= 0.3 is 0 Å². The highest BCUT2D eigenvalue weighted by Gasteiger charge is 2.16. The molecule has 1 aliphatic rings. The molecular formula is C15H22ClNO3. The first kappa shape index (κ1) is 15.4. The van der Waals surface area contributed by atoms with Gasteiger partial charge in [-0.2, -0.15) is 0 Å². The molecule has 0 fully saturated rings. The van der Waals surface area contributed by atoms with Crippen molar-refractivity contribution in [1.82, 2.24) is 5.32 Å². The van der Waals surface area contributed by atoms with Crippen LogP contribution < -0.4 is 14.8 Å². The van der Waals surface area contributed by atoms with Gasteiger partial charge in [-0.05, 0) is 24.1 Å². The van der Waals surface area contributed by atoms with E-state index < -0.39 is 0 Å². The summed E-state index contributed by atoms with van der Waals surface area (Å²) in [4.78, 5) is 0. The molecule has 1 aliphatic heterocycles. The van der Waals surface area contributed by atoms with Crippen LogP contribution in [0.15, 0.2) is 12.1 Å². The number of ether oxygens (including phenoxy) is 3. The highest BCUT2D eigenvalue weighted by atomic mass is 35.5. The summed E-state index contributed by atoms with van der Waals surface area (Å²) < 4.78 is 16.5. The van der Waals surface area contributed by atoms with Gasteiger partial charge in [0.25, 0.3) is 0 Å². The summed E-state index contributed by atoms with van der Waals surface area (Å²) in [5, 5.41) is 3.94. The van der Waals surface area contributed by atoms with Crippen molar-refractivity contribution in [2.75, 3.05) is 33.0 Å². The fraction of sp³-hybridized carbons (Fsp3) is 0.600. The van der Waals surface area contributed by atoms with Gasteiger partial charge in [0, 0.05) is 19.7 Å². The van der Waals surface area contributed by atoms with Gasteiger partial charge in [-0.3, -0.25) is 0 Å². The molecule has 0 saturated heterocycles. The number of nitrogens with one attached hydrogen (secondary N) is 1. The molecule has 0 saturated carbocycles. The molecule has 0 aliphatic carbocycles.